The predicted molar refractivity (Wildman–Crippen MR) is 150 cm³/mol. The molecule has 1 atom stereocenters. The van der Waals surface area contributed by atoms with E-state index in [0.717, 1.165) is 58.5 Å². The molecule has 3 aromatic heterocycles. The van der Waals surface area contributed by atoms with Crippen LogP contribution < -0.4 is 10.2 Å². The molecule has 1 unspecified atom stereocenters. The van der Waals surface area contributed by atoms with Crippen molar-refractivity contribution < 1.29 is 4.79 Å². The molecular formula is C29H27N7OS. The number of rotatable bonds is 6. The monoisotopic (exact) mass is 521 g/mol. The van der Waals surface area contributed by atoms with Crippen molar-refractivity contribution in [2.24, 2.45) is 5.92 Å². The third kappa shape index (κ3) is 5.05. The maximum Gasteiger partial charge on any atom is 0.229 e. The molecule has 1 amide bonds. The Morgan fingerprint density at radius 2 is 1.82 bits per heavy atom. The van der Waals surface area contributed by atoms with E-state index in [1.807, 2.05) is 89.8 Å². The average molecular weight is 522 g/mol. The lowest BCUT2D eigenvalue weighted by Crippen LogP contribution is -2.41. The number of thiazole rings is 1. The van der Waals surface area contributed by atoms with E-state index in [2.05, 4.69) is 30.4 Å². The molecule has 1 N–H and O–H groups in total. The van der Waals surface area contributed by atoms with Crippen LogP contribution in [0.4, 0.5) is 11.5 Å². The smallest absolute Gasteiger partial charge is 0.229 e. The summed E-state index contributed by atoms with van der Waals surface area (Å²) in [6.07, 6.45) is 5.41. The van der Waals surface area contributed by atoms with Gasteiger partial charge in [0.25, 0.3) is 0 Å². The molecule has 0 spiro atoms. The fourth-order valence-corrected chi connectivity index (χ4v) is 5.42. The van der Waals surface area contributed by atoms with Gasteiger partial charge in [0.05, 0.1) is 16.6 Å². The van der Waals surface area contributed by atoms with E-state index in [9.17, 15) is 4.79 Å². The van der Waals surface area contributed by atoms with Crippen molar-refractivity contribution in [2.45, 2.75) is 19.8 Å². The molecule has 1 aliphatic heterocycles. The number of carbonyl (C=O) groups excluding carboxylic acids is 1. The number of piperidine rings is 1. The number of nitrogens with one attached hydrogen (secondary N) is 1. The number of imidazole rings is 1. The third-order valence-corrected chi connectivity index (χ3v) is 7.49. The summed E-state index contributed by atoms with van der Waals surface area (Å²) in [7, 11) is 0. The molecule has 9 heteroatoms. The lowest BCUT2D eigenvalue weighted by atomic mass is 9.97. The zero-order valence-electron chi connectivity index (χ0n) is 21.0. The highest BCUT2D eigenvalue weighted by atomic mass is 32.1. The van der Waals surface area contributed by atoms with Crippen LogP contribution in [0.3, 0.4) is 0 Å². The molecule has 1 saturated heterocycles. The van der Waals surface area contributed by atoms with Gasteiger partial charge in [-0.1, -0.05) is 42.5 Å². The molecule has 2 aromatic carbocycles. The standard InChI is InChI=1S/C29H27N7OS/c1-20-31-25(19-38-20)22-9-5-11-24(17-22)32-29(37)23-10-6-15-35(18-23)26-12-13-27(34-33-26)36-16-14-30-28(36)21-7-3-2-4-8-21/h2-5,7-9,11-14,16-17,19,23H,6,10,15,18H2,1H3,(H,32,37). The maximum atomic E-state index is 13.2. The van der Waals surface area contributed by atoms with Crippen LogP contribution >= 0.6 is 11.3 Å². The van der Waals surface area contributed by atoms with Crippen LogP contribution in [-0.4, -0.2) is 43.7 Å². The van der Waals surface area contributed by atoms with Crippen LogP contribution in [0.15, 0.2) is 84.5 Å². The number of benzene rings is 2. The Morgan fingerprint density at radius 3 is 2.61 bits per heavy atom. The molecule has 8 nitrogen and oxygen atoms in total. The minimum absolute atomic E-state index is 0.0248. The topological polar surface area (TPSA) is 88.8 Å². The average Bonchev–Trinajstić information content (AvgIpc) is 3.63. The molecule has 0 radical (unpaired) electrons. The number of hydrogen-bond donors (Lipinski definition) is 1. The fraction of sp³-hybridized carbons (Fsp3) is 0.207. The van der Waals surface area contributed by atoms with Gasteiger partial charge in [0, 0.05) is 47.7 Å². The van der Waals surface area contributed by atoms with E-state index < -0.39 is 0 Å². The van der Waals surface area contributed by atoms with Gasteiger partial charge in [-0.15, -0.1) is 21.5 Å². The number of aromatic nitrogens is 5. The highest BCUT2D eigenvalue weighted by Crippen LogP contribution is 2.27. The van der Waals surface area contributed by atoms with Gasteiger partial charge in [0.1, 0.15) is 5.82 Å². The fourth-order valence-electron chi connectivity index (χ4n) is 4.80. The summed E-state index contributed by atoms with van der Waals surface area (Å²) in [5.41, 5.74) is 3.73. The van der Waals surface area contributed by atoms with Crippen LogP contribution in [0.1, 0.15) is 17.8 Å². The van der Waals surface area contributed by atoms with Gasteiger partial charge in [-0.25, -0.2) is 9.97 Å². The first-order chi connectivity index (χ1) is 18.6. The van der Waals surface area contributed by atoms with Crippen molar-refractivity contribution in [1.82, 2.24) is 24.7 Å². The Morgan fingerprint density at radius 1 is 1.00 bits per heavy atom. The molecule has 0 bridgehead atoms. The van der Waals surface area contributed by atoms with Crippen LogP contribution in [0.2, 0.25) is 0 Å². The first-order valence-corrected chi connectivity index (χ1v) is 13.5. The molecule has 0 saturated carbocycles. The Kier molecular flexibility index (Phi) is 6.66. The molecular weight excluding hydrogens is 494 g/mol. The second-order valence-electron chi connectivity index (χ2n) is 9.34. The molecule has 1 aliphatic rings. The summed E-state index contributed by atoms with van der Waals surface area (Å²) in [5, 5.41) is 15.2. The SMILES string of the molecule is Cc1nc(-c2cccc(NC(=O)C3CCCN(c4ccc(-n5ccnc5-c5ccccc5)nn4)C3)c2)cs1. The van der Waals surface area contributed by atoms with E-state index in [1.165, 1.54) is 0 Å². The van der Waals surface area contributed by atoms with Crippen LogP contribution in [0, 0.1) is 12.8 Å². The summed E-state index contributed by atoms with van der Waals surface area (Å²) in [5.74, 6) is 2.18. The quantitative estimate of drug-likeness (QED) is 0.312. The van der Waals surface area contributed by atoms with Gasteiger partial charge in [-0.05, 0) is 44.0 Å². The van der Waals surface area contributed by atoms with Gasteiger partial charge in [0.15, 0.2) is 11.6 Å². The molecule has 1 fully saturated rings. The summed E-state index contributed by atoms with van der Waals surface area (Å²) < 4.78 is 1.93. The number of anilines is 2. The minimum atomic E-state index is -0.131. The van der Waals surface area contributed by atoms with E-state index in [0.29, 0.717) is 12.4 Å². The Bertz CT molecular complexity index is 1540. The first kappa shape index (κ1) is 24.0. The summed E-state index contributed by atoms with van der Waals surface area (Å²) in [4.78, 5) is 24.4. The van der Waals surface area contributed by atoms with Crippen molar-refractivity contribution >= 4 is 28.7 Å². The highest BCUT2D eigenvalue weighted by Gasteiger charge is 2.27. The maximum absolute atomic E-state index is 13.2. The minimum Gasteiger partial charge on any atom is -0.354 e. The summed E-state index contributed by atoms with van der Waals surface area (Å²) in [6, 6.07) is 21.8. The second kappa shape index (κ2) is 10.5. The van der Waals surface area contributed by atoms with Crippen molar-refractivity contribution in [1.29, 1.82) is 0 Å². The number of nitrogens with zero attached hydrogens (tertiary/aromatic N) is 6. The summed E-state index contributed by atoms with van der Waals surface area (Å²) in [6.45, 7) is 3.44. The molecule has 4 heterocycles. The molecule has 38 heavy (non-hydrogen) atoms. The van der Waals surface area contributed by atoms with Gasteiger partial charge in [0.2, 0.25) is 5.91 Å². The molecule has 190 valence electrons. The normalized spacial score (nSPS) is 15.4. The van der Waals surface area contributed by atoms with E-state index in [1.54, 1.807) is 17.5 Å². The van der Waals surface area contributed by atoms with E-state index in [-0.39, 0.29) is 11.8 Å². The predicted octanol–water partition coefficient (Wildman–Crippen LogP) is 5.62. The van der Waals surface area contributed by atoms with Crippen LogP contribution in [0.5, 0.6) is 0 Å². The summed E-state index contributed by atoms with van der Waals surface area (Å²) >= 11 is 1.62. The van der Waals surface area contributed by atoms with Crippen LogP contribution in [-0.2, 0) is 4.79 Å². The Balaban J connectivity index is 1.13. The number of amides is 1. The van der Waals surface area contributed by atoms with Crippen molar-refractivity contribution in [3.05, 3.63) is 89.5 Å². The van der Waals surface area contributed by atoms with Crippen LogP contribution in [0.25, 0.3) is 28.5 Å². The lowest BCUT2D eigenvalue weighted by Gasteiger charge is -2.32. The highest BCUT2D eigenvalue weighted by molar-refractivity contribution is 7.09. The molecule has 5 aromatic rings. The first-order valence-electron chi connectivity index (χ1n) is 12.7. The Labute approximate surface area is 225 Å². The van der Waals surface area contributed by atoms with Gasteiger partial charge in [-0.3, -0.25) is 9.36 Å². The molecule has 6 rings (SSSR count). The number of aryl methyl sites for hydroxylation is 1. The Hall–Kier alpha value is -4.37. The number of hydrogen-bond acceptors (Lipinski definition) is 7. The van der Waals surface area contributed by atoms with Crippen molar-refractivity contribution in [3.8, 4) is 28.5 Å². The second-order valence-corrected chi connectivity index (χ2v) is 10.4. The molecule has 0 aliphatic carbocycles. The van der Waals surface area contributed by atoms with E-state index >= 15 is 0 Å². The number of carbonyl (C=O) groups is 1. The zero-order valence-corrected chi connectivity index (χ0v) is 21.8. The zero-order chi connectivity index (χ0) is 25.9. The largest absolute Gasteiger partial charge is 0.354 e. The van der Waals surface area contributed by atoms with Gasteiger partial charge < -0.3 is 10.2 Å². The third-order valence-electron chi connectivity index (χ3n) is 6.72. The van der Waals surface area contributed by atoms with Crippen molar-refractivity contribution in [3.63, 3.8) is 0 Å². The van der Waals surface area contributed by atoms with Crippen molar-refractivity contribution in [2.75, 3.05) is 23.3 Å². The van der Waals surface area contributed by atoms with Gasteiger partial charge >= 0.3 is 0 Å². The van der Waals surface area contributed by atoms with E-state index in [4.69, 9.17) is 0 Å². The lowest BCUT2D eigenvalue weighted by molar-refractivity contribution is -0.120. The van der Waals surface area contributed by atoms with Gasteiger partial charge in [-0.2, -0.15) is 0 Å².